The summed E-state index contributed by atoms with van der Waals surface area (Å²) in [5.74, 6) is 1.85. The van der Waals surface area contributed by atoms with Crippen molar-refractivity contribution in [1.82, 2.24) is 14.9 Å². The number of amides is 1. The van der Waals surface area contributed by atoms with Crippen LogP contribution < -0.4 is 9.47 Å². The molecule has 0 aromatic carbocycles. The summed E-state index contributed by atoms with van der Waals surface area (Å²) in [6.07, 6.45) is 6.14. The van der Waals surface area contributed by atoms with Crippen LogP contribution in [0, 0.1) is 5.92 Å². The van der Waals surface area contributed by atoms with Crippen LogP contribution in [0.1, 0.15) is 39.2 Å². The number of methoxy groups -OCH3 is 1. The largest absolute Gasteiger partial charge is 0.488 e. The van der Waals surface area contributed by atoms with E-state index in [2.05, 4.69) is 16.0 Å². The van der Waals surface area contributed by atoms with Gasteiger partial charge < -0.3 is 19.1 Å². The molecule has 1 fully saturated rings. The van der Waals surface area contributed by atoms with Crippen molar-refractivity contribution in [3.63, 3.8) is 0 Å². The van der Waals surface area contributed by atoms with Gasteiger partial charge in [0, 0.05) is 42.9 Å². The van der Waals surface area contributed by atoms with Gasteiger partial charge in [-0.2, -0.15) is 0 Å². The summed E-state index contributed by atoms with van der Waals surface area (Å²) in [5.41, 5.74) is 2.57. The van der Waals surface area contributed by atoms with Crippen LogP contribution in [0.4, 0.5) is 4.79 Å². The lowest BCUT2D eigenvalue weighted by molar-refractivity contribution is 0.0123. The van der Waals surface area contributed by atoms with E-state index in [1.165, 1.54) is 5.56 Å². The Morgan fingerprint density at radius 1 is 1.20 bits per heavy atom. The van der Waals surface area contributed by atoms with E-state index in [4.69, 9.17) is 14.2 Å². The van der Waals surface area contributed by atoms with Crippen molar-refractivity contribution in [2.75, 3.05) is 20.2 Å². The van der Waals surface area contributed by atoms with Gasteiger partial charge >= 0.3 is 6.09 Å². The van der Waals surface area contributed by atoms with Crippen LogP contribution in [-0.4, -0.2) is 52.9 Å². The molecular formula is C23H29N3O4. The normalized spacial score (nSPS) is 19.2. The topological polar surface area (TPSA) is 73.8 Å². The number of carbonyl (C=O) groups is 1. The summed E-state index contributed by atoms with van der Waals surface area (Å²) in [6, 6.07) is 5.91. The summed E-state index contributed by atoms with van der Waals surface area (Å²) in [4.78, 5) is 22.8. The fraction of sp³-hybridized carbons (Fsp3) is 0.522. The van der Waals surface area contributed by atoms with E-state index in [-0.39, 0.29) is 12.2 Å². The predicted molar refractivity (Wildman–Crippen MR) is 113 cm³/mol. The standard InChI is InChI=1S/C23H29N3O4/c1-23(2,3)30-22(27)26-9-6-15(7-10-26)19-12-17-11-18(25-14-20(17)29-19)16-5-8-24-21(13-16)28-4/h5,8,11,13-15,19H,6-7,9-10,12H2,1-4H3. The third kappa shape index (κ3) is 4.50. The van der Waals surface area contributed by atoms with E-state index < -0.39 is 5.60 Å². The van der Waals surface area contributed by atoms with Gasteiger partial charge in [-0.15, -0.1) is 0 Å². The number of fused-ring (bicyclic) bond motifs is 1. The highest BCUT2D eigenvalue weighted by molar-refractivity contribution is 5.68. The number of piperidine rings is 1. The number of nitrogens with zero attached hydrogens (tertiary/aromatic N) is 3. The lowest BCUT2D eigenvalue weighted by Gasteiger charge is -2.35. The van der Waals surface area contributed by atoms with Crippen LogP contribution in [0.15, 0.2) is 30.6 Å². The molecule has 160 valence electrons. The van der Waals surface area contributed by atoms with Crippen molar-refractivity contribution in [3.05, 3.63) is 36.2 Å². The van der Waals surface area contributed by atoms with Gasteiger partial charge in [0.2, 0.25) is 5.88 Å². The molecule has 2 aliphatic heterocycles. The van der Waals surface area contributed by atoms with Crippen LogP contribution in [0.25, 0.3) is 11.3 Å². The molecule has 0 saturated carbocycles. The van der Waals surface area contributed by atoms with Gasteiger partial charge in [0.1, 0.15) is 17.5 Å². The van der Waals surface area contributed by atoms with Crippen molar-refractivity contribution in [2.45, 2.75) is 51.7 Å². The molecule has 30 heavy (non-hydrogen) atoms. The zero-order chi connectivity index (χ0) is 21.3. The smallest absolute Gasteiger partial charge is 0.410 e. The van der Waals surface area contributed by atoms with E-state index in [1.807, 2.05) is 39.1 Å². The van der Waals surface area contributed by atoms with Gasteiger partial charge in [0.25, 0.3) is 0 Å². The van der Waals surface area contributed by atoms with Crippen molar-refractivity contribution in [3.8, 4) is 22.9 Å². The lowest BCUT2D eigenvalue weighted by atomic mass is 9.89. The minimum Gasteiger partial charge on any atom is -0.488 e. The first-order valence-electron chi connectivity index (χ1n) is 10.5. The highest BCUT2D eigenvalue weighted by Gasteiger charge is 2.35. The Labute approximate surface area is 177 Å². The molecule has 2 aromatic rings. The first-order chi connectivity index (χ1) is 14.3. The number of ether oxygens (including phenoxy) is 3. The van der Waals surface area contributed by atoms with Gasteiger partial charge in [0.05, 0.1) is 19.0 Å². The lowest BCUT2D eigenvalue weighted by Crippen LogP contribution is -2.44. The molecule has 0 N–H and O–H groups in total. The molecule has 7 heteroatoms. The molecule has 0 bridgehead atoms. The monoisotopic (exact) mass is 411 g/mol. The number of carbonyl (C=O) groups excluding carboxylic acids is 1. The van der Waals surface area contributed by atoms with Gasteiger partial charge in [-0.3, -0.25) is 4.98 Å². The summed E-state index contributed by atoms with van der Waals surface area (Å²) >= 11 is 0. The number of likely N-dealkylation sites (tertiary alicyclic amines) is 1. The summed E-state index contributed by atoms with van der Waals surface area (Å²) in [7, 11) is 1.61. The third-order valence-electron chi connectivity index (χ3n) is 5.60. The van der Waals surface area contributed by atoms with Gasteiger partial charge in [-0.1, -0.05) is 0 Å². The van der Waals surface area contributed by atoms with E-state index in [0.29, 0.717) is 24.9 Å². The zero-order valence-corrected chi connectivity index (χ0v) is 18.1. The Morgan fingerprint density at radius 3 is 2.67 bits per heavy atom. The Hall–Kier alpha value is -2.83. The first-order valence-corrected chi connectivity index (χ1v) is 10.5. The molecule has 2 aromatic heterocycles. The van der Waals surface area contributed by atoms with Gasteiger partial charge in [-0.25, -0.2) is 9.78 Å². The van der Waals surface area contributed by atoms with Crippen molar-refractivity contribution < 1.29 is 19.0 Å². The second-order valence-electron chi connectivity index (χ2n) is 8.93. The molecule has 0 aliphatic carbocycles. The highest BCUT2D eigenvalue weighted by Crippen LogP contribution is 2.36. The quantitative estimate of drug-likeness (QED) is 0.757. The molecule has 1 amide bonds. The van der Waals surface area contributed by atoms with Crippen molar-refractivity contribution in [2.24, 2.45) is 5.92 Å². The fourth-order valence-corrected chi connectivity index (χ4v) is 4.05. The SMILES string of the molecule is COc1cc(-c2cc3c(cn2)OC(C2CCN(C(=O)OC(C)(C)C)CC2)C3)ccn1. The van der Waals surface area contributed by atoms with Crippen LogP contribution >= 0.6 is 0 Å². The first kappa shape index (κ1) is 20.4. The number of pyridine rings is 2. The van der Waals surface area contributed by atoms with Crippen molar-refractivity contribution >= 4 is 6.09 Å². The van der Waals surface area contributed by atoms with Gasteiger partial charge in [0.15, 0.2) is 0 Å². The molecule has 1 saturated heterocycles. The van der Waals surface area contributed by atoms with E-state index in [9.17, 15) is 4.79 Å². The van der Waals surface area contributed by atoms with Crippen LogP contribution in [-0.2, 0) is 11.2 Å². The molecule has 1 unspecified atom stereocenters. The van der Waals surface area contributed by atoms with E-state index in [0.717, 1.165) is 36.3 Å². The number of rotatable bonds is 3. The van der Waals surface area contributed by atoms with E-state index >= 15 is 0 Å². The Bertz CT molecular complexity index is 917. The third-order valence-corrected chi connectivity index (χ3v) is 5.60. The minimum absolute atomic E-state index is 0.129. The van der Waals surface area contributed by atoms with Crippen LogP contribution in [0.5, 0.6) is 11.6 Å². The molecule has 4 rings (SSSR count). The van der Waals surface area contributed by atoms with Crippen LogP contribution in [0.3, 0.4) is 0 Å². The summed E-state index contributed by atoms with van der Waals surface area (Å²) < 4.78 is 16.9. The van der Waals surface area contributed by atoms with E-state index in [1.54, 1.807) is 18.2 Å². The summed E-state index contributed by atoms with van der Waals surface area (Å²) in [6.45, 7) is 7.09. The number of aromatic nitrogens is 2. The average Bonchev–Trinajstić information content (AvgIpc) is 3.16. The number of hydrogen-bond acceptors (Lipinski definition) is 6. The molecule has 7 nitrogen and oxygen atoms in total. The molecule has 1 atom stereocenters. The van der Waals surface area contributed by atoms with Gasteiger partial charge in [-0.05, 0) is 51.7 Å². The second kappa shape index (κ2) is 8.13. The highest BCUT2D eigenvalue weighted by atomic mass is 16.6. The maximum Gasteiger partial charge on any atom is 0.410 e. The molecule has 4 heterocycles. The average molecular weight is 412 g/mol. The maximum atomic E-state index is 12.3. The zero-order valence-electron chi connectivity index (χ0n) is 18.1. The maximum absolute atomic E-state index is 12.3. The van der Waals surface area contributed by atoms with Crippen LogP contribution in [0.2, 0.25) is 0 Å². The molecule has 0 radical (unpaired) electrons. The molecule has 2 aliphatic rings. The second-order valence-corrected chi connectivity index (χ2v) is 8.93. The number of hydrogen-bond donors (Lipinski definition) is 0. The summed E-state index contributed by atoms with van der Waals surface area (Å²) in [5, 5.41) is 0. The minimum atomic E-state index is -0.465. The molecular weight excluding hydrogens is 382 g/mol. The Balaban J connectivity index is 1.38. The fourth-order valence-electron chi connectivity index (χ4n) is 4.05. The Kier molecular flexibility index (Phi) is 5.54. The molecule has 0 spiro atoms. The van der Waals surface area contributed by atoms with Crippen molar-refractivity contribution in [1.29, 1.82) is 0 Å². The predicted octanol–water partition coefficient (Wildman–Crippen LogP) is 4.10. The Morgan fingerprint density at radius 2 is 1.97 bits per heavy atom.